The lowest BCUT2D eigenvalue weighted by Gasteiger charge is -2.11. The first kappa shape index (κ1) is 13.9. The second kappa shape index (κ2) is 5.41. The zero-order valence-electron chi connectivity index (χ0n) is 11.8. The highest BCUT2D eigenvalue weighted by molar-refractivity contribution is 7.91. The first-order valence-electron chi connectivity index (χ1n) is 6.84. The van der Waals surface area contributed by atoms with Crippen molar-refractivity contribution in [2.75, 3.05) is 11.3 Å². The number of benzene rings is 2. The predicted molar refractivity (Wildman–Crippen MR) is 83.1 cm³/mol. The summed E-state index contributed by atoms with van der Waals surface area (Å²) in [6.07, 6.45) is 0.822. The van der Waals surface area contributed by atoms with Gasteiger partial charge in [-0.15, -0.1) is 0 Å². The number of ether oxygens (including phenoxy) is 1. The van der Waals surface area contributed by atoms with Gasteiger partial charge in [-0.05, 0) is 24.1 Å². The summed E-state index contributed by atoms with van der Waals surface area (Å²) in [5.41, 5.74) is 3.39. The van der Waals surface area contributed by atoms with Gasteiger partial charge in [-0.25, -0.2) is 8.42 Å². The maximum atomic E-state index is 12.3. The molecule has 0 radical (unpaired) electrons. The molecule has 1 N–H and O–H groups in total. The topological polar surface area (TPSA) is 55.4 Å². The molecule has 0 aromatic heterocycles. The molecule has 0 amide bonds. The van der Waals surface area contributed by atoms with Gasteiger partial charge >= 0.3 is 0 Å². The maximum Gasteiger partial charge on any atom is 0.237 e. The van der Waals surface area contributed by atoms with E-state index in [0.717, 1.165) is 23.1 Å². The van der Waals surface area contributed by atoms with Crippen LogP contribution in [0, 0.1) is 6.92 Å². The normalized spacial score (nSPS) is 13.6. The SMILES string of the molecule is Cc1cccc(CS(=O)(=O)Nc2cccc3c2OCC3)c1. The fourth-order valence-electron chi connectivity index (χ4n) is 2.52. The average Bonchev–Trinajstić information content (AvgIpc) is 2.87. The Morgan fingerprint density at radius 2 is 2.00 bits per heavy atom. The van der Waals surface area contributed by atoms with Crippen LogP contribution in [0.15, 0.2) is 42.5 Å². The molecule has 110 valence electrons. The highest BCUT2D eigenvalue weighted by atomic mass is 32.2. The molecule has 0 saturated carbocycles. The van der Waals surface area contributed by atoms with Crippen LogP contribution < -0.4 is 9.46 Å². The van der Waals surface area contributed by atoms with Crippen molar-refractivity contribution in [3.05, 3.63) is 59.2 Å². The second-order valence-electron chi connectivity index (χ2n) is 5.24. The Morgan fingerprint density at radius 3 is 2.81 bits per heavy atom. The van der Waals surface area contributed by atoms with Crippen molar-refractivity contribution in [3.8, 4) is 5.75 Å². The van der Waals surface area contributed by atoms with Crippen molar-refractivity contribution in [1.82, 2.24) is 0 Å². The number of para-hydroxylation sites is 1. The second-order valence-corrected chi connectivity index (χ2v) is 6.96. The molecule has 1 aliphatic heterocycles. The molecule has 0 fully saturated rings. The Balaban J connectivity index is 1.82. The Kier molecular flexibility index (Phi) is 3.59. The third-order valence-corrected chi connectivity index (χ3v) is 4.66. The van der Waals surface area contributed by atoms with Gasteiger partial charge in [0, 0.05) is 6.42 Å². The lowest BCUT2D eigenvalue weighted by Crippen LogP contribution is -2.15. The summed E-state index contributed by atoms with van der Waals surface area (Å²) in [4.78, 5) is 0. The summed E-state index contributed by atoms with van der Waals surface area (Å²) in [6.45, 7) is 2.55. The minimum absolute atomic E-state index is 0.0433. The molecule has 1 aliphatic rings. The molecule has 21 heavy (non-hydrogen) atoms. The summed E-state index contributed by atoms with van der Waals surface area (Å²) in [5.74, 6) is 0.614. The van der Waals surface area contributed by atoms with Crippen LogP contribution in [-0.4, -0.2) is 15.0 Å². The first-order chi connectivity index (χ1) is 10.0. The zero-order valence-corrected chi connectivity index (χ0v) is 12.6. The van der Waals surface area contributed by atoms with Crippen molar-refractivity contribution in [3.63, 3.8) is 0 Å². The van der Waals surface area contributed by atoms with Gasteiger partial charge in [0.1, 0.15) is 5.75 Å². The van der Waals surface area contributed by atoms with Crippen molar-refractivity contribution < 1.29 is 13.2 Å². The molecule has 0 bridgehead atoms. The van der Waals surface area contributed by atoms with Gasteiger partial charge < -0.3 is 4.74 Å². The van der Waals surface area contributed by atoms with Crippen LogP contribution in [-0.2, 0) is 22.2 Å². The number of anilines is 1. The van der Waals surface area contributed by atoms with Crippen molar-refractivity contribution in [2.45, 2.75) is 19.1 Å². The summed E-state index contributed by atoms with van der Waals surface area (Å²) in [6, 6.07) is 13.0. The monoisotopic (exact) mass is 303 g/mol. The van der Waals surface area contributed by atoms with Gasteiger partial charge in [0.05, 0.1) is 18.0 Å². The molecule has 2 aromatic rings. The molecule has 0 spiro atoms. The number of hydrogen-bond donors (Lipinski definition) is 1. The molecular weight excluding hydrogens is 286 g/mol. The molecule has 1 heterocycles. The van der Waals surface area contributed by atoms with Gasteiger partial charge in [-0.2, -0.15) is 0 Å². The van der Waals surface area contributed by atoms with E-state index >= 15 is 0 Å². The quantitative estimate of drug-likeness (QED) is 0.945. The van der Waals surface area contributed by atoms with E-state index in [1.165, 1.54) is 0 Å². The van der Waals surface area contributed by atoms with Crippen LogP contribution in [0.25, 0.3) is 0 Å². The third-order valence-electron chi connectivity index (χ3n) is 3.42. The molecule has 2 aromatic carbocycles. The highest BCUT2D eigenvalue weighted by Gasteiger charge is 2.20. The minimum Gasteiger partial charge on any atom is -0.491 e. The van der Waals surface area contributed by atoms with E-state index in [-0.39, 0.29) is 5.75 Å². The Hall–Kier alpha value is -2.01. The van der Waals surface area contributed by atoms with Crippen LogP contribution in [0.2, 0.25) is 0 Å². The molecule has 0 unspecified atom stereocenters. The van der Waals surface area contributed by atoms with Gasteiger partial charge in [0.2, 0.25) is 10.0 Å². The Morgan fingerprint density at radius 1 is 1.19 bits per heavy atom. The molecular formula is C16H17NO3S. The number of rotatable bonds is 4. The minimum atomic E-state index is -3.46. The van der Waals surface area contributed by atoms with E-state index in [9.17, 15) is 8.42 Å². The van der Waals surface area contributed by atoms with Crippen LogP contribution in [0.3, 0.4) is 0 Å². The summed E-state index contributed by atoms with van der Waals surface area (Å²) >= 11 is 0. The Labute approximate surface area is 124 Å². The van der Waals surface area contributed by atoms with E-state index in [1.807, 2.05) is 43.3 Å². The van der Waals surface area contributed by atoms with Crippen LogP contribution in [0.4, 0.5) is 5.69 Å². The van der Waals surface area contributed by atoms with Crippen molar-refractivity contribution in [2.24, 2.45) is 0 Å². The number of hydrogen-bond acceptors (Lipinski definition) is 3. The summed E-state index contributed by atoms with van der Waals surface area (Å²) in [7, 11) is -3.46. The van der Waals surface area contributed by atoms with Crippen LogP contribution in [0.5, 0.6) is 5.75 Å². The first-order valence-corrected chi connectivity index (χ1v) is 8.49. The van der Waals surface area contributed by atoms with Crippen LogP contribution in [0.1, 0.15) is 16.7 Å². The molecule has 0 atom stereocenters. The Bertz CT molecular complexity index is 769. The van der Waals surface area contributed by atoms with E-state index in [1.54, 1.807) is 6.07 Å². The average molecular weight is 303 g/mol. The van der Waals surface area contributed by atoms with Crippen LogP contribution >= 0.6 is 0 Å². The van der Waals surface area contributed by atoms with Gasteiger partial charge in [-0.1, -0.05) is 42.0 Å². The molecule has 3 rings (SSSR count). The van der Waals surface area contributed by atoms with E-state index < -0.39 is 10.0 Å². The lowest BCUT2D eigenvalue weighted by molar-refractivity contribution is 0.358. The lowest BCUT2D eigenvalue weighted by atomic mass is 10.1. The molecule has 0 saturated heterocycles. The fourth-order valence-corrected chi connectivity index (χ4v) is 3.71. The maximum absolute atomic E-state index is 12.3. The zero-order chi connectivity index (χ0) is 14.9. The largest absolute Gasteiger partial charge is 0.491 e. The molecule has 0 aliphatic carbocycles. The number of sulfonamides is 1. The van der Waals surface area contributed by atoms with Crippen molar-refractivity contribution in [1.29, 1.82) is 0 Å². The summed E-state index contributed by atoms with van der Waals surface area (Å²) in [5, 5.41) is 0. The standard InChI is InChI=1S/C16H17NO3S/c1-12-4-2-5-13(10-12)11-21(18,19)17-15-7-3-6-14-8-9-20-16(14)15/h2-7,10,17H,8-9,11H2,1H3. The molecule has 4 nitrogen and oxygen atoms in total. The predicted octanol–water partition coefficient (Wildman–Crippen LogP) is 2.87. The highest BCUT2D eigenvalue weighted by Crippen LogP contribution is 2.34. The number of nitrogens with one attached hydrogen (secondary N) is 1. The van der Waals surface area contributed by atoms with Crippen molar-refractivity contribution >= 4 is 15.7 Å². The number of fused-ring (bicyclic) bond motifs is 1. The van der Waals surface area contributed by atoms with Gasteiger partial charge in [-0.3, -0.25) is 4.72 Å². The third kappa shape index (κ3) is 3.19. The van der Waals surface area contributed by atoms with E-state index in [0.29, 0.717) is 18.0 Å². The molecule has 5 heteroatoms. The fraction of sp³-hybridized carbons (Fsp3) is 0.250. The van der Waals surface area contributed by atoms with Gasteiger partial charge in [0.15, 0.2) is 0 Å². The van der Waals surface area contributed by atoms with E-state index in [2.05, 4.69) is 4.72 Å². The summed E-state index contributed by atoms with van der Waals surface area (Å²) < 4.78 is 32.8. The number of aryl methyl sites for hydroxylation is 1. The van der Waals surface area contributed by atoms with Gasteiger partial charge in [0.25, 0.3) is 0 Å². The van der Waals surface area contributed by atoms with E-state index in [4.69, 9.17) is 4.74 Å². The smallest absolute Gasteiger partial charge is 0.237 e.